The normalized spacial score (nSPS) is 10.6. The average molecular weight is 406 g/mol. The van der Waals surface area contributed by atoms with Crippen LogP contribution in [-0.4, -0.2) is 23.2 Å². The van der Waals surface area contributed by atoms with Gasteiger partial charge in [0, 0.05) is 11.1 Å². The van der Waals surface area contributed by atoms with Gasteiger partial charge in [0.2, 0.25) is 5.82 Å². The third-order valence-corrected chi connectivity index (χ3v) is 4.61. The molecule has 4 aromatic rings. The Bertz CT molecular complexity index is 1170. The molecule has 7 heteroatoms. The van der Waals surface area contributed by atoms with E-state index in [0.29, 0.717) is 39.0 Å². The standard InChI is InChI=1S/C22H16ClN3O3/c1-28-15-8-6-7-14(13-15)21(27)24-19-12-5-3-10-17(19)22-25-20(26-29-22)16-9-2-4-11-18(16)23/h2-13H,1H3,(H,24,27). The number of para-hydroxylation sites is 1. The predicted octanol–water partition coefficient (Wildman–Crippen LogP) is 5.32. The fourth-order valence-corrected chi connectivity index (χ4v) is 3.04. The molecule has 144 valence electrons. The highest BCUT2D eigenvalue weighted by atomic mass is 35.5. The van der Waals surface area contributed by atoms with E-state index in [1.807, 2.05) is 30.3 Å². The summed E-state index contributed by atoms with van der Waals surface area (Å²) in [5.74, 6) is 0.982. The lowest BCUT2D eigenvalue weighted by atomic mass is 10.1. The Hall–Kier alpha value is -3.64. The molecule has 0 saturated carbocycles. The second-order valence-corrected chi connectivity index (χ2v) is 6.54. The third kappa shape index (κ3) is 3.97. The molecule has 6 nitrogen and oxygen atoms in total. The Morgan fingerprint density at radius 2 is 1.76 bits per heavy atom. The molecule has 0 aliphatic rings. The minimum Gasteiger partial charge on any atom is -0.497 e. The van der Waals surface area contributed by atoms with Crippen LogP contribution in [-0.2, 0) is 0 Å². The lowest BCUT2D eigenvalue weighted by molar-refractivity contribution is 0.102. The van der Waals surface area contributed by atoms with Crippen molar-refractivity contribution in [2.45, 2.75) is 0 Å². The number of benzene rings is 3. The smallest absolute Gasteiger partial charge is 0.260 e. The first-order valence-corrected chi connectivity index (χ1v) is 9.17. The van der Waals surface area contributed by atoms with Crippen molar-refractivity contribution >= 4 is 23.2 Å². The summed E-state index contributed by atoms with van der Waals surface area (Å²) < 4.78 is 10.6. The highest BCUT2D eigenvalue weighted by Gasteiger charge is 2.17. The minimum absolute atomic E-state index is 0.276. The van der Waals surface area contributed by atoms with Crippen molar-refractivity contribution in [1.82, 2.24) is 10.1 Å². The number of amides is 1. The van der Waals surface area contributed by atoms with Crippen molar-refractivity contribution < 1.29 is 14.1 Å². The lowest BCUT2D eigenvalue weighted by Gasteiger charge is -2.09. The molecular formula is C22H16ClN3O3. The molecule has 0 aliphatic carbocycles. The molecule has 0 unspecified atom stereocenters. The van der Waals surface area contributed by atoms with Gasteiger partial charge in [-0.05, 0) is 42.5 Å². The molecule has 1 N–H and O–H groups in total. The Morgan fingerprint density at radius 3 is 2.55 bits per heavy atom. The van der Waals surface area contributed by atoms with E-state index < -0.39 is 0 Å². The zero-order valence-electron chi connectivity index (χ0n) is 15.4. The van der Waals surface area contributed by atoms with Gasteiger partial charge in [-0.15, -0.1) is 0 Å². The summed E-state index contributed by atoms with van der Waals surface area (Å²) in [7, 11) is 1.55. The van der Waals surface area contributed by atoms with Gasteiger partial charge in [0.15, 0.2) is 0 Å². The predicted molar refractivity (Wildman–Crippen MR) is 111 cm³/mol. The Morgan fingerprint density at radius 1 is 1.00 bits per heavy atom. The molecule has 0 fully saturated rings. The van der Waals surface area contributed by atoms with Gasteiger partial charge in [-0.3, -0.25) is 4.79 Å². The summed E-state index contributed by atoms with van der Waals surface area (Å²) in [4.78, 5) is 17.1. The lowest BCUT2D eigenvalue weighted by Crippen LogP contribution is -2.12. The number of methoxy groups -OCH3 is 1. The molecule has 0 spiro atoms. The zero-order valence-corrected chi connectivity index (χ0v) is 16.2. The SMILES string of the molecule is COc1cccc(C(=O)Nc2ccccc2-c2nc(-c3ccccc3Cl)no2)c1. The largest absolute Gasteiger partial charge is 0.497 e. The molecule has 0 aliphatic heterocycles. The van der Waals surface area contributed by atoms with E-state index in [1.54, 1.807) is 49.6 Å². The maximum Gasteiger partial charge on any atom is 0.260 e. The number of anilines is 1. The highest BCUT2D eigenvalue weighted by molar-refractivity contribution is 6.33. The topological polar surface area (TPSA) is 77.2 Å². The highest BCUT2D eigenvalue weighted by Crippen LogP contribution is 2.31. The van der Waals surface area contributed by atoms with Gasteiger partial charge in [-0.2, -0.15) is 4.98 Å². The fourth-order valence-electron chi connectivity index (χ4n) is 2.82. The maximum atomic E-state index is 12.7. The molecular weight excluding hydrogens is 390 g/mol. The van der Waals surface area contributed by atoms with Gasteiger partial charge >= 0.3 is 0 Å². The van der Waals surface area contributed by atoms with E-state index in [-0.39, 0.29) is 11.8 Å². The number of nitrogens with one attached hydrogen (secondary N) is 1. The van der Waals surface area contributed by atoms with Crippen molar-refractivity contribution in [2.24, 2.45) is 0 Å². The molecule has 3 aromatic carbocycles. The molecule has 0 saturated heterocycles. The number of aromatic nitrogens is 2. The van der Waals surface area contributed by atoms with Crippen molar-refractivity contribution in [2.75, 3.05) is 12.4 Å². The van der Waals surface area contributed by atoms with Crippen molar-refractivity contribution in [1.29, 1.82) is 0 Å². The number of hydrogen-bond donors (Lipinski definition) is 1. The number of nitrogens with zero attached hydrogens (tertiary/aromatic N) is 2. The Kier molecular flexibility index (Phi) is 5.27. The number of carbonyl (C=O) groups is 1. The van der Waals surface area contributed by atoms with Crippen LogP contribution in [0.2, 0.25) is 5.02 Å². The summed E-state index contributed by atoms with van der Waals surface area (Å²) >= 11 is 6.22. The molecule has 0 atom stereocenters. The minimum atomic E-state index is -0.276. The van der Waals surface area contributed by atoms with Crippen molar-refractivity contribution in [3.63, 3.8) is 0 Å². The second-order valence-electron chi connectivity index (χ2n) is 6.13. The summed E-state index contributed by atoms with van der Waals surface area (Å²) in [6, 6.07) is 21.4. The first kappa shape index (κ1) is 18.7. The molecule has 4 rings (SSSR count). The fraction of sp³-hybridized carbons (Fsp3) is 0.0455. The van der Waals surface area contributed by atoms with Gasteiger partial charge in [-0.25, -0.2) is 0 Å². The van der Waals surface area contributed by atoms with E-state index >= 15 is 0 Å². The zero-order chi connectivity index (χ0) is 20.2. The number of rotatable bonds is 5. The second kappa shape index (κ2) is 8.16. The molecule has 29 heavy (non-hydrogen) atoms. The van der Waals surface area contributed by atoms with Gasteiger partial charge in [0.1, 0.15) is 5.75 Å². The summed E-state index contributed by atoms with van der Waals surface area (Å²) in [6.45, 7) is 0. The van der Waals surface area contributed by atoms with Crippen LogP contribution in [0.25, 0.3) is 22.8 Å². The van der Waals surface area contributed by atoms with Crippen LogP contribution >= 0.6 is 11.6 Å². The average Bonchev–Trinajstić information content (AvgIpc) is 3.24. The van der Waals surface area contributed by atoms with Gasteiger partial charge in [-0.1, -0.05) is 47.1 Å². The summed E-state index contributed by atoms with van der Waals surface area (Å²) in [5.41, 5.74) is 2.30. The third-order valence-electron chi connectivity index (χ3n) is 4.28. The monoisotopic (exact) mass is 405 g/mol. The molecule has 1 aromatic heterocycles. The summed E-state index contributed by atoms with van der Waals surface area (Å²) in [5, 5.41) is 7.44. The van der Waals surface area contributed by atoms with E-state index in [9.17, 15) is 4.79 Å². The molecule has 0 bridgehead atoms. The van der Waals surface area contributed by atoms with Crippen molar-refractivity contribution in [3.8, 4) is 28.6 Å². The molecule has 1 amide bonds. The molecule has 0 radical (unpaired) electrons. The van der Waals surface area contributed by atoms with Gasteiger partial charge in [0.05, 0.1) is 23.4 Å². The van der Waals surface area contributed by atoms with Gasteiger partial charge in [0.25, 0.3) is 11.8 Å². The van der Waals surface area contributed by atoms with E-state index in [2.05, 4.69) is 15.5 Å². The number of carbonyl (C=O) groups excluding carboxylic acids is 1. The van der Waals surface area contributed by atoms with E-state index in [4.69, 9.17) is 20.9 Å². The van der Waals surface area contributed by atoms with Crippen LogP contribution in [0, 0.1) is 0 Å². The number of halogens is 1. The van der Waals surface area contributed by atoms with E-state index in [1.165, 1.54) is 0 Å². The van der Waals surface area contributed by atoms with E-state index in [0.717, 1.165) is 0 Å². The van der Waals surface area contributed by atoms with Crippen LogP contribution in [0.15, 0.2) is 77.3 Å². The maximum absolute atomic E-state index is 12.7. The van der Waals surface area contributed by atoms with Crippen LogP contribution in [0.4, 0.5) is 5.69 Å². The van der Waals surface area contributed by atoms with Crippen molar-refractivity contribution in [3.05, 3.63) is 83.4 Å². The number of ether oxygens (including phenoxy) is 1. The van der Waals surface area contributed by atoms with Gasteiger partial charge < -0.3 is 14.6 Å². The van der Waals surface area contributed by atoms with Crippen LogP contribution in [0.3, 0.4) is 0 Å². The first-order valence-electron chi connectivity index (χ1n) is 8.79. The Balaban J connectivity index is 1.64. The summed E-state index contributed by atoms with van der Waals surface area (Å²) in [6.07, 6.45) is 0. The number of hydrogen-bond acceptors (Lipinski definition) is 5. The molecule has 1 heterocycles. The van der Waals surface area contributed by atoms with Crippen LogP contribution < -0.4 is 10.1 Å². The van der Waals surface area contributed by atoms with Crippen LogP contribution in [0.5, 0.6) is 5.75 Å². The van der Waals surface area contributed by atoms with Crippen LogP contribution in [0.1, 0.15) is 10.4 Å². The first-order chi connectivity index (χ1) is 14.2. The quantitative estimate of drug-likeness (QED) is 0.486. The Labute approximate surface area is 172 Å².